The van der Waals surface area contributed by atoms with Crippen molar-refractivity contribution in [3.05, 3.63) is 23.8 Å². The highest BCUT2D eigenvalue weighted by Crippen LogP contribution is 1.87. The van der Waals surface area contributed by atoms with Gasteiger partial charge in [-0.1, -0.05) is 38.0 Å². The highest BCUT2D eigenvalue weighted by molar-refractivity contribution is 5.26. The van der Waals surface area contributed by atoms with Crippen LogP contribution in [0.25, 0.3) is 0 Å². The van der Waals surface area contributed by atoms with Gasteiger partial charge in [0.25, 0.3) is 0 Å². The smallest absolute Gasteiger partial charge is 0.00136 e. The van der Waals surface area contributed by atoms with Crippen LogP contribution >= 0.6 is 0 Å². The van der Waals surface area contributed by atoms with Crippen molar-refractivity contribution >= 4 is 0 Å². The monoisotopic (exact) mass is 136 g/mol. The van der Waals surface area contributed by atoms with Gasteiger partial charge in [0.1, 0.15) is 0 Å². The lowest BCUT2D eigenvalue weighted by Gasteiger charge is -1.78. The minimum absolute atomic E-state index is 0.961. The van der Waals surface area contributed by atoms with Crippen LogP contribution in [0.2, 0.25) is 0 Å². The van der Waals surface area contributed by atoms with E-state index in [1.807, 2.05) is 45.9 Å². The molecule has 0 nitrogen and oxygen atoms in total. The van der Waals surface area contributed by atoms with Crippen LogP contribution in [-0.4, -0.2) is 0 Å². The van der Waals surface area contributed by atoms with Crippen LogP contribution in [0.4, 0.5) is 0 Å². The first-order valence-corrected chi connectivity index (χ1v) is 3.57. The maximum atomic E-state index is 5.06. The van der Waals surface area contributed by atoms with E-state index >= 15 is 0 Å². The zero-order valence-electron chi connectivity index (χ0n) is 7.31. The molecule has 0 heterocycles. The third kappa shape index (κ3) is 10.1. The lowest BCUT2D eigenvalue weighted by Crippen LogP contribution is -1.61. The molecule has 0 aromatic heterocycles. The third-order valence-electron chi connectivity index (χ3n) is 0.766. The molecule has 0 aromatic carbocycles. The van der Waals surface area contributed by atoms with Crippen molar-refractivity contribution in [2.45, 2.75) is 27.7 Å². The Hall–Kier alpha value is -0.960. The van der Waals surface area contributed by atoms with Gasteiger partial charge in [-0.2, -0.15) is 0 Å². The van der Waals surface area contributed by atoms with E-state index in [4.69, 9.17) is 6.42 Å². The van der Waals surface area contributed by atoms with Gasteiger partial charge in [-0.25, -0.2) is 0 Å². The van der Waals surface area contributed by atoms with Gasteiger partial charge < -0.3 is 0 Å². The predicted molar refractivity (Wildman–Crippen MR) is 48.8 cm³/mol. The third-order valence-corrected chi connectivity index (χ3v) is 0.766. The molecular weight excluding hydrogens is 120 g/mol. The first-order valence-electron chi connectivity index (χ1n) is 3.57. The van der Waals surface area contributed by atoms with Gasteiger partial charge in [0.2, 0.25) is 0 Å². The summed E-state index contributed by atoms with van der Waals surface area (Å²) in [7, 11) is 0. The molecule has 56 valence electrons. The Bertz CT molecular complexity index is 142. The summed E-state index contributed by atoms with van der Waals surface area (Å²) in [5.74, 6) is 2.51. The maximum Gasteiger partial charge on any atom is -0.00136 e. The summed E-state index contributed by atoms with van der Waals surface area (Å²) in [6, 6.07) is 0. The van der Waals surface area contributed by atoms with Crippen molar-refractivity contribution in [2.24, 2.45) is 0 Å². The Morgan fingerprint density at radius 1 is 1.40 bits per heavy atom. The molecular formula is C10H16. The molecule has 0 aliphatic rings. The van der Waals surface area contributed by atoms with E-state index in [1.54, 1.807) is 0 Å². The number of hydrogen-bond acceptors (Lipinski definition) is 0. The molecule has 0 aliphatic carbocycles. The topological polar surface area (TPSA) is 0 Å². The quantitative estimate of drug-likeness (QED) is 0.383. The Kier molecular flexibility index (Phi) is 12.9. The predicted octanol–water partition coefficient (Wildman–Crippen LogP) is 3.17. The zero-order valence-corrected chi connectivity index (χ0v) is 7.31. The molecule has 0 saturated heterocycles. The summed E-state index contributed by atoms with van der Waals surface area (Å²) in [5.41, 5.74) is 0.961. The number of hydrogen-bond donors (Lipinski definition) is 0. The SMILES string of the molecule is C#C/C(C)=C\C=C/C.CC. The molecule has 10 heavy (non-hydrogen) atoms. The Morgan fingerprint density at radius 2 is 1.90 bits per heavy atom. The minimum atomic E-state index is 0.961. The van der Waals surface area contributed by atoms with Crippen LogP contribution in [0, 0.1) is 12.3 Å². The Morgan fingerprint density at radius 3 is 2.20 bits per heavy atom. The van der Waals surface area contributed by atoms with Crippen molar-refractivity contribution in [2.75, 3.05) is 0 Å². The van der Waals surface area contributed by atoms with E-state index in [-0.39, 0.29) is 0 Å². The summed E-state index contributed by atoms with van der Waals surface area (Å²) < 4.78 is 0. The van der Waals surface area contributed by atoms with Crippen LogP contribution in [0.15, 0.2) is 23.8 Å². The van der Waals surface area contributed by atoms with Gasteiger partial charge in [0, 0.05) is 0 Å². The molecule has 0 bridgehead atoms. The van der Waals surface area contributed by atoms with E-state index in [0.29, 0.717) is 0 Å². The van der Waals surface area contributed by atoms with Crippen LogP contribution < -0.4 is 0 Å². The molecule has 0 aromatic rings. The highest BCUT2D eigenvalue weighted by atomic mass is 13.8. The van der Waals surface area contributed by atoms with Crippen LogP contribution in [0.3, 0.4) is 0 Å². The molecule has 0 spiro atoms. The van der Waals surface area contributed by atoms with Gasteiger partial charge >= 0.3 is 0 Å². The Labute approximate surface area is 64.6 Å². The minimum Gasteiger partial charge on any atom is -0.115 e. The molecule has 0 N–H and O–H groups in total. The largest absolute Gasteiger partial charge is 0.115 e. The standard InChI is InChI=1S/C8H10.C2H6/c1-4-6-7-8(3)5-2;1-2/h2,4,6-7H,1,3H3;1-2H3/b6-4-,8-7-;. The molecule has 0 radical (unpaired) electrons. The molecule has 0 fully saturated rings. The second kappa shape index (κ2) is 10.9. The number of terminal acetylenes is 1. The van der Waals surface area contributed by atoms with E-state index in [9.17, 15) is 0 Å². The van der Waals surface area contributed by atoms with E-state index < -0.39 is 0 Å². The summed E-state index contributed by atoms with van der Waals surface area (Å²) in [5, 5.41) is 0. The average molecular weight is 136 g/mol. The van der Waals surface area contributed by atoms with Gasteiger partial charge in [-0.15, -0.1) is 6.42 Å². The summed E-state index contributed by atoms with van der Waals surface area (Å²) in [4.78, 5) is 0. The van der Waals surface area contributed by atoms with Crippen LogP contribution in [0.5, 0.6) is 0 Å². The van der Waals surface area contributed by atoms with Crippen molar-refractivity contribution in [3.63, 3.8) is 0 Å². The van der Waals surface area contributed by atoms with Crippen molar-refractivity contribution in [1.29, 1.82) is 0 Å². The van der Waals surface area contributed by atoms with Crippen LogP contribution in [0.1, 0.15) is 27.7 Å². The molecule has 0 saturated carbocycles. The summed E-state index contributed by atoms with van der Waals surface area (Å²) in [6.45, 7) is 7.86. The second-order valence-electron chi connectivity index (χ2n) is 1.52. The van der Waals surface area contributed by atoms with Gasteiger partial charge in [-0.05, 0) is 19.4 Å². The first kappa shape index (κ1) is 11.8. The fourth-order valence-electron chi connectivity index (χ4n) is 0.289. The normalized spacial score (nSPS) is 10.1. The fraction of sp³-hybridized carbons (Fsp3) is 0.400. The fourth-order valence-corrected chi connectivity index (χ4v) is 0.289. The van der Waals surface area contributed by atoms with Gasteiger partial charge in [-0.3, -0.25) is 0 Å². The average Bonchev–Trinajstić information content (AvgIpc) is 2.04. The summed E-state index contributed by atoms with van der Waals surface area (Å²) >= 11 is 0. The molecule has 0 heteroatoms. The summed E-state index contributed by atoms with van der Waals surface area (Å²) in [6.07, 6.45) is 10.8. The van der Waals surface area contributed by atoms with Gasteiger partial charge in [0.05, 0.1) is 0 Å². The Balaban J connectivity index is 0. The van der Waals surface area contributed by atoms with E-state index in [0.717, 1.165) is 5.57 Å². The van der Waals surface area contributed by atoms with Gasteiger partial charge in [0.15, 0.2) is 0 Å². The highest BCUT2D eigenvalue weighted by Gasteiger charge is 1.70. The lowest BCUT2D eigenvalue weighted by molar-refractivity contribution is 1.50. The molecule has 0 unspecified atom stereocenters. The lowest BCUT2D eigenvalue weighted by atomic mass is 10.3. The van der Waals surface area contributed by atoms with Crippen molar-refractivity contribution < 1.29 is 0 Å². The molecule has 0 amide bonds. The van der Waals surface area contributed by atoms with Crippen LogP contribution in [-0.2, 0) is 0 Å². The maximum absolute atomic E-state index is 5.06. The zero-order chi connectivity index (χ0) is 8.41. The first-order chi connectivity index (χ1) is 4.81. The molecule has 0 aliphatic heterocycles. The van der Waals surface area contributed by atoms with E-state index in [2.05, 4.69) is 5.92 Å². The van der Waals surface area contributed by atoms with E-state index in [1.165, 1.54) is 0 Å². The van der Waals surface area contributed by atoms with Crippen molar-refractivity contribution in [3.8, 4) is 12.3 Å². The molecule has 0 rings (SSSR count). The number of rotatable bonds is 1. The second-order valence-corrected chi connectivity index (χ2v) is 1.52. The molecule has 0 atom stereocenters. The van der Waals surface area contributed by atoms with Crippen molar-refractivity contribution in [1.82, 2.24) is 0 Å². The number of allylic oxidation sites excluding steroid dienone is 4.